The molecule has 1 amide bonds. The zero-order chi connectivity index (χ0) is 17.8. The van der Waals surface area contributed by atoms with E-state index >= 15 is 0 Å². The molecule has 1 aliphatic carbocycles. The number of amides is 1. The Morgan fingerprint density at radius 2 is 2.04 bits per heavy atom. The molecule has 1 N–H and O–H groups in total. The molecule has 1 saturated heterocycles. The number of nitrogens with zero attached hydrogens (tertiary/aromatic N) is 5. The highest BCUT2D eigenvalue weighted by Gasteiger charge is 2.45. The van der Waals surface area contributed by atoms with Crippen LogP contribution in [0.4, 0.5) is 11.5 Å². The standard InChI is InChI=1S/C19H20N6O/c1-11(26)22-18-5-16-12(6-20-18)4-17(25-9-13-3-14(13)10-25)19(23-16)15-7-21-24(2)8-15/h4-8,13-14H,3,9-10H2,1-2H3,(H,20,22,26). The summed E-state index contributed by atoms with van der Waals surface area (Å²) in [5.41, 5.74) is 3.90. The third kappa shape index (κ3) is 2.60. The van der Waals surface area contributed by atoms with E-state index in [0.717, 1.165) is 52.8 Å². The smallest absolute Gasteiger partial charge is 0.222 e. The van der Waals surface area contributed by atoms with Crippen molar-refractivity contribution >= 4 is 28.3 Å². The van der Waals surface area contributed by atoms with Crippen molar-refractivity contribution in [3.8, 4) is 11.3 Å². The van der Waals surface area contributed by atoms with Crippen molar-refractivity contribution in [2.24, 2.45) is 18.9 Å². The van der Waals surface area contributed by atoms with Gasteiger partial charge in [-0.2, -0.15) is 5.10 Å². The maximum absolute atomic E-state index is 11.3. The van der Waals surface area contributed by atoms with Crippen LogP contribution in [0.2, 0.25) is 0 Å². The highest BCUT2D eigenvalue weighted by Crippen LogP contribution is 2.48. The van der Waals surface area contributed by atoms with E-state index in [4.69, 9.17) is 4.98 Å². The van der Waals surface area contributed by atoms with Crippen LogP contribution in [0.1, 0.15) is 13.3 Å². The lowest BCUT2D eigenvalue weighted by Crippen LogP contribution is -2.22. The molecule has 0 spiro atoms. The summed E-state index contributed by atoms with van der Waals surface area (Å²) in [6.07, 6.45) is 6.98. The first-order chi connectivity index (χ1) is 12.6. The van der Waals surface area contributed by atoms with Crippen LogP contribution in [0.15, 0.2) is 30.7 Å². The summed E-state index contributed by atoms with van der Waals surface area (Å²) in [7, 11) is 1.91. The van der Waals surface area contributed by atoms with Gasteiger partial charge in [-0.05, 0) is 24.3 Å². The van der Waals surface area contributed by atoms with Crippen molar-refractivity contribution < 1.29 is 4.79 Å². The Bertz CT molecular complexity index is 1020. The number of hydrogen-bond donors (Lipinski definition) is 1. The van der Waals surface area contributed by atoms with Gasteiger partial charge in [0, 0.05) is 56.5 Å². The number of hydrogen-bond acceptors (Lipinski definition) is 5. The molecule has 26 heavy (non-hydrogen) atoms. The monoisotopic (exact) mass is 348 g/mol. The fourth-order valence-corrected chi connectivity index (χ4v) is 3.90. The van der Waals surface area contributed by atoms with Gasteiger partial charge in [-0.15, -0.1) is 0 Å². The molecule has 1 saturated carbocycles. The molecule has 7 nitrogen and oxygen atoms in total. The van der Waals surface area contributed by atoms with Gasteiger partial charge in [0.05, 0.1) is 23.1 Å². The lowest BCUT2D eigenvalue weighted by Gasteiger charge is -2.23. The third-order valence-corrected chi connectivity index (χ3v) is 5.28. The van der Waals surface area contributed by atoms with Crippen LogP contribution in [0, 0.1) is 11.8 Å². The third-order valence-electron chi connectivity index (χ3n) is 5.28. The maximum atomic E-state index is 11.3. The van der Waals surface area contributed by atoms with Crippen molar-refractivity contribution in [3.63, 3.8) is 0 Å². The normalized spacial score (nSPS) is 21.1. The van der Waals surface area contributed by atoms with Gasteiger partial charge in [0.25, 0.3) is 0 Å². The first kappa shape index (κ1) is 15.3. The van der Waals surface area contributed by atoms with Crippen LogP contribution in [0.3, 0.4) is 0 Å². The van der Waals surface area contributed by atoms with Crippen molar-refractivity contribution in [3.05, 3.63) is 30.7 Å². The van der Waals surface area contributed by atoms with Gasteiger partial charge in [0.2, 0.25) is 5.91 Å². The number of aromatic nitrogens is 4. The highest BCUT2D eigenvalue weighted by molar-refractivity contribution is 5.93. The van der Waals surface area contributed by atoms with Crippen molar-refractivity contribution in [1.29, 1.82) is 0 Å². The molecule has 2 atom stereocenters. The fourth-order valence-electron chi connectivity index (χ4n) is 3.90. The van der Waals surface area contributed by atoms with E-state index in [2.05, 4.69) is 26.4 Å². The number of carbonyl (C=O) groups is 1. The molecule has 5 rings (SSSR count). The molecular formula is C19H20N6O. The second-order valence-electron chi connectivity index (χ2n) is 7.36. The van der Waals surface area contributed by atoms with E-state index in [1.165, 1.54) is 13.3 Å². The molecule has 0 aromatic carbocycles. The molecule has 3 aromatic heterocycles. The number of aryl methyl sites for hydroxylation is 1. The van der Waals surface area contributed by atoms with Gasteiger partial charge in [-0.1, -0.05) is 0 Å². The summed E-state index contributed by atoms with van der Waals surface area (Å²) < 4.78 is 1.79. The molecule has 0 radical (unpaired) electrons. The number of anilines is 2. The summed E-state index contributed by atoms with van der Waals surface area (Å²) in [4.78, 5) is 23.0. The number of carbonyl (C=O) groups excluding carboxylic acids is 1. The first-order valence-corrected chi connectivity index (χ1v) is 8.89. The Labute approximate surface area is 151 Å². The number of nitrogens with one attached hydrogen (secondary N) is 1. The summed E-state index contributed by atoms with van der Waals surface area (Å²) in [6, 6.07) is 3.99. The van der Waals surface area contributed by atoms with Crippen molar-refractivity contribution in [1.82, 2.24) is 19.7 Å². The van der Waals surface area contributed by atoms with Gasteiger partial charge in [-0.3, -0.25) is 9.48 Å². The van der Waals surface area contributed by atoms with Gasteiger partial charge >= 0.3 is 0 Å². The van der Waals surface area contributed by atoms with E-state index in [1.807, 2.05) is 25.5 Å². The Kier molecular flexibility index (Phi) is 3.25. The number of pyridine rings is 2. The van der Waals surface area contributed by atoms with E-state index in [1.54, 1.807) is 10.9 Å². The second-order valence-corrected chi connectivity index (χ2v) is 7.36. The average Bonchev–Trinajstić information content (AvgIpc) is 3.01. The van der Waals surface area contributed by atoms with Crippen LogP contribution in [0.25, 0.3) is 22.2 Å². The minimum Gasteiger partial charge on any atom is -0.369 e. The number of piperidine rings is 1. The Morgan fingerprint density at radius 1 is 1.23 bits per heavy atom. The molecule has 4 heterocycles. The molecular weight excluding hydrogens is 328 g/mol. The summed E-state index contributed by atoms with van der Waals surface area (Å²) in [5, 5.41) is 8.01. The van der Waals surface area contributed by atoms with Crippen LogP contribution < -0.4 is 10.2 Å². The average molecular weight is 348 g/mol. The zero-order valence-corrected chi connectivity index (χ0v) is 14.8. The van der Waals surface area contributed by atoms with E-state index < -0.39 is 0 Å². The predicted molar refractivity (Wildman–Crippen MR) is 99.9 cm³/mol. The Balaban J connectivity index is 1.64. The number of rotatable bonds is 3. The Hall–Kier alpha value is -2.96. The maximum Gasteiger partial charge on any atom is 0.222 e. The minimum absolute atomic E-state index is 0.141. The molecule has 2 aliphatic rings. The van der Waals surface area contributed by atoms with Crippen LogP contribution in [0.5, 0.6) is 0 Å². The Morgan fingerprint density at radius 3 is 2.73 bits per heavy atom. The molecule has 3 aromatic rings. The zero-order valence-electron chi connectivity index (χ0n) is 14.8. The predicted octanol–water partition coefficient (Wildman–Crippen LogP) is 2.44. The van der Waals surface area contributed by atoms with Gasteiger partial charge in [0.1, 0.15) is 5.82 Å². The van der Waals surface area contributed by atoms with E-state index in [-0.39, 0.29) is 5.91 Å². The SMILES string of the molecule is CC(=O)Nc1cc2nc(-c3cnn(C)c3)c(N3CC4CC4C3)cc2cn1. The molecule has 7 heteroatoms. The van der Waals surface area contributed by atoms with E-state index in [9.17, 15) is 4.79 Å². The summed E-state index contributed by atoms with van der Waals surface area (Å²) >= 11 is 0. The number of fused-ring (bicyclic) bond motifs is 2. The summed E-state index contributed by atoms with van der Waals surface area (Å²) in [5.74, 6) is 2.06. The summed E-state index contributed by atoms with van der Waals surface area (Å²) in [6.45, 7) is 3.67. The molecule has 1 aliphatic heterocycles. The molecule has 0 bridgehead atoms. The second kappa shape index (κ2) is 5.52. The lowest BCUT2D eigenvalue weighted by molar-refractivity contribution is -0.114. The lowest BCUT2D eigenvalue weighted by atomic mass is 10.1. The van der Waals surface area contributed by atoms with Crippen LogP contribution in [-0.2, 0) is 11.8 Å². The topological polar surface area (TPSA) is 75.9 Å². The largest absolute Gasteiger partial charge is 0.369 e. The molecule has 2 unspecified atom stereocenters. The van der Waals surface area contributed by atoms with Crippen LogP contribution in [-0.4, -0.2) is 38.7 Å². The van der Waals surface area contributed by atoms with E-state index in [0.29, 0.717) is 5.82 Å². The quantitative estimate of drug-likeness (QED) is 0.787. The highest BCUT2D eigenvalue weighted by atomic mass is 16.1. The first-order valence-electron chi connectivity index (χ1n) is 8.89. The van der Waals surface area contributed by atoms with Crippen molar-refractivity contribution in [2.75, 3.05) is 23.3 Å². The van der Waals surface area contributed by atoms with Gasteiger partial charge in [0.15, 0.2) is 0 Å². The van der Waals surface area contributed by atoms with Gasteiger partial charge in [-0.25, -0.2) is 9.97 Å². The fraction of sp³-hybridized carbons (Fsp3) is 0.368. The molecule has 132 valence electrons. The molecule has 2 fully saturated rings. The van der Waals surface area contributed by atoms with Crippen molar-refractivity contribution in [2.45, 2.75) is 13.3 Å². The van der Waals surface area contributed by atoms with Gasteiger partial charge < -0.3 is 10.2 Å². The van der Waals surface area contributed by atoms with Crippen LogP contribution >= 0.6 is 0 Å². The minimum atomic E-state index is -0.141.